The lowest BCUT2D eigenvalue weighted by Crippen LogP contribution is -2.08. The van der Waals surface area contributed by atoms with Crippen LogP contribution in [0.5, 0.6) is 0 Å². The quantitative estimate of drug-likeness (QED) is 0.583. The van der Waals surface area contributed by atoms with Crippen molar-refractivity contribution in [2.24, 2.45) is 0 Å². The highest BCUT2D eigenvalue weighted by Gasteiger charge is 2.13. The summed E-state index contributed by atoms with van der Waals surface area (Å²) in [6.45, 7) is 2.05. The molecule has 1 heterocycles. The number of benzene rings is 2. The average Bonchev–Trinajstić information content (AvgIpc) is 2.74. The van der Waals surface area contributed by atoms with Crippen LogP contribution in [0.25, 0.3) is 0 Å². The van der Waals surface area contributed by atoms with Crippen molar-refractivity contribution in [2.75, 3.05) is 24.4 Å². The molecule has 0 fully saturated rings. The lowest BCUT2D eigenvalue weighted by Gasteiger charge is -2.12. The molecule has 29 heavy (non-hydrogen) atoms. The molecule has 0 spiro atoms. The molecular weight excluding hydrogens is 372 g/mol. The lowest BCUT2D eigenvalue weighted by molar-refractivity contribution is 0.0526. The number of carbonyl (C=O) groups is 2. The van der Waals surface area contributed by atoms with Crippen LogP contribution in [0.1, 0.15) is 27.6 Å². The predicted molar refractivity (Wildman–Crippen MR) is 109 cm³/mol. The first-order valence-corrected chi connectivity index (χ1v) is 8.91. The molecular formula is C21H20N4O4. The SMILES string of the molecule is CCOC(=O)c1ccccc1Nc1cc(Nc2cccc(C(=O)OC)c2)ncn1. The van der Waals surface area contributed by atoms with E-state index in [0.717, 1.165) is 0 Å². The molecule has 0 amide bonds. The number of carbonyl (C=O) groups excluding carboxylic acids is 2. The summed E-state index contributed by atoms with van der Waals surface area (Å²) >= 11 is 0. The van der Waals surface area contributed by atoms with Gasteiger partial charge in [0.15, 0.2) is 0 Å². The number of para-hydroxylation sites is 1. The molecule has 0 aliphatic rings. The second-order valence-electron chi connectivity index (χ2n) is 5.88. The molecule has 1 aromatic heterocycles. The largest absolute Gasteiger partial charge is 0.465 e. The van der Waals surface area contributed by atoms with Gasteiger partial charge in [-0.15, -0.1) is 0 Å². The Balaban J connectivity index is 1.79. The zero-order valence-corrected chi connectivity index (χ0v) is 16.0. The summed E-state index contributed by atoms with van der Waals surface area (Å²) in [6, 6.07) is 15.6. The van der Waals surface area contributed by atoms with E-state index >= 15 is 0 Å². The van der Waals surface area contributed by atoms with E-state index in [1.807, 2.05) is 6.07 Å². The topological polar surface area (TPSA) is 102 Å². The molecule has 2 N–H and O–H groups in total. The maximum absolute atomic E-state index is 12.1. The van der Waals surface area contributed by atoms with Crippen LogP contribution in [0.3, 0.4) is 0 Å². The van der Waals surface area contributed by atoms with Gasteiger partial charge in [-0.05, 0) is 37.3 Å². The molecule has 2 aromatic carbocycles. The molecule has 3 aromatic rings. The Morgan fingerprint density at radius 3 is 2.45 bits per heavy atom. The van der Waals surface area contributed by atoms with Crippen LogP contribution in [0, 0.1) is 0 Å². The summed E-state index contributed by atoms with van der Waals surface area (Å²) in [5, 5.41) is 6.23. The number of aromatic nitrogens is 2. The molecule has 0 saturated heterocycles. The number of ether oxygens (including phenoxy) is 2. The van der Waals surface area contributed by atoms with Crippen molar-refractivity contribution < 1.29 is 19.1 Å². The van der Waals surface area contributed by atoms with Gasteiger partial charge in [0.1, 0.15) is 18.0 Å². The Kier molecular flexibility index (Phi) is 6.36. The van der Waals surface area contributed by atoms with Gasteiger partial charge < -0.3 is 20.1 Å². The maximum Gasteiger partial charge on any atom is 0.340 e. The minimum Gasteiger partial charge on any atom is -0.465 e. The molecule has 8 nitrogen and oxygen atoms in total. The van der Waals surface area contributed by atoms with E-state index < -0.39 is 11.9 Å². The molecule has 0 saturated carbocycles. The van der Waals surface area contributed by atoms with Gasteiger partial charge in [0, 0.05) is 11.8 Å². The van der Waals surface area contributed by atoms with Gasteiger partial charge in [-0.3, -0.25) is 0 Å². The van der Waals surface area contributed by atoms with Crippen LogP contribution < -0.4 is 10.6 Å². The van der Waals surface area contributed by atoms with E-state index in [0.29, 0.717) is 40.7 Å². The fourth-order valence-corrected chi connectivity index (χ4v) is 2.60. The Hall–Kier alpha value is -3.94. The van der Waals surface area contributed by atoms with E-state index in [4.69, 9.17) is 9.47 Å². The van der Waals surface area contributed by atoms with Crippen LogP contribution in [-0.2, 0) is 9.47 Å². The normalized spacial score (nSPS) is 10.1. The average molecular weight is 392 g/mol. The van der Waals surface area contributed by atoms with Crippen molar-refractivity contribution in [3.63, 3.8) is 0 Å². The Bertz CT molecular complexity index is 1020. The highest BCUT2D eigenvalue weighted by molar-refractivity contribution is 5.96. The summed E-state index contributed by atoms with van der Waals surface area (Å²) in [4.78, 5) is 32.2. The number of anilines is 4. The number of esters is 2. The second-order valence-corrected chi connectivity index (χ2v) is 5.88. The summed E-state index contributed by atoms with van der Waals surface area (Å²) in [6.07, 6.45) is 1.39. The minimum absolute atomic E-state index is 0.291. The first kappa shape index (κ1) is 19.8. The number of methoxy groups -OCH3 is 1. The van der Waals surface area contributed by atoms with E-state index in [1.54, 1.807) is 55.5 Å². The number of nitrogens with zero attached hydrogens (tertiary/aromatic N) is 2. The lowest BCUT2D eigenvalue weighted by atomic mass is 10.2. The number of hydrogen-bond donors (Lipinski definition) is 2. The standard InChI is InChI=1S/C21H20N4O4/c1-3-29-21(27)16-9-4-5-10-17(16)25-19-12-18(22-13-23-19)24-15-8-6-7-14(11-15)20(26)28-2/h4-13H,3H2,1-2H3,(H2,22,23,24,25). The van der Waals surface area contributed by atoms with Crippen molar-refractivity contribution in [1.29, 1.82) is 0 Å². The third-order valence-corrected chi connectivity index (χ3v) is 3.91. The molecule has 0 radical (unpaired) electrons. The molecule has 0 aliphatic carbocycles. The zero-order chi connectivity index (χ0) is 20.6. The van der Waals surface area contributed by atoms with Crippen molar-refractivity contribution >= 4 is 34.9 Å². The first-order chi connectivity index (χ1) is 14.1. The summed E-state index contributed by atoms with van der Waals surface area (Å²) < 4.78 is 9.82. The molecule has 0 aliphatic heterocycles. The van der Waals surface area contributed by atoms with E-state index in [2.05, 4.69) is 20.6 Å². The van der Waals surface area contributed by atoms with E-state index in [-0.39, 0.29) is 0 Å². The van der Waals surface area contributed by atoms with Crippen LogP contribution in [-0.4, -0.2) is 35.6 Å². The van der Waals surface area contributed by atoms with Crippen molar-refractivity contribution in [3.8, 4) is 0 Å². The summed E-state index contributed by atoms with van der Waals surface area (Å²) in [7, 11) is 1.33. The van der Waals surface area contributed by atoms with E-state index in [9.17, 15) is 9.59 Å². The number of hydrogen-bond acceptors (Lipinski definition) is 8. The smallest absolute Gasteiger partial charge is 0.340 e. The molecule has 0 unspecified atom stereocenters. The fraction of sp³-hybridized carbons (Fsp3) is 0.143. The molecule has 148 valence electrons. The van der Waals surface area contributed by atoms with Crippen LogP contribution in [0.4, 0.5) is 23.0 Å². The second kappa shape index (κ2) is 9.32. The monoisotopic (exact) mass is 392 g/mol. The van der Waals surface area contributed by atoms with Crippen molar-refractivity contribution in [3.05, 3.63) is 72.1 Å². The molecule has 0 bridgehead atoms. The van der Waals surface area contributed by atoms with E-state index in [1.165, 1.54) is 13.4 Å². The molecule has 3 rings (SSSR count). The summed E-state index contributed by atoms with van der Waals surface area (Å²) in [5.41, 5.74) is 2.08. The molecule has 8 heteroatoms. The highest BCUT2D eigenvalue weighted by Crippen LogP contribution is 2.23. The molecule has 0 atom stereocenters. The highest BCUT2D eigenvalue weighted by atomic mass is 16.5. The van der Waals surface area contributed by atoms with Gasteiger partial charge in [0.2, 0.25) is 0 Å². The van der Waals surface area contributed by atoms with Crippen LogP contribution >= 0.6 is 0 Å². The first-order valence-electron chi connectivity index (χ1n) is 8.91. The maximum atomic E-state index is 12.1. The Labute approximate surface area is 167 Å². The Morgan fingerprint density at radius 1 is 0.931 bits per heavy atom. The van der Waals surface area contributed by atoms with Gasteiger partial charge in [-0.25, -0.2) is 19.6 Å². The Morgan fingerprint density at radius 2 is 1.69 bits per heavy atom. The van der Waals surface area contributed by atoms with Crippen LogP contribution in [0.2, 0.25) is 0 Å². The zero-order valence-electron chi connectivity index (χ0n) is 16.0. The number of rotatable bonds is 7. The summed E-state index contributed by atoms with van der Waals surface area (Å²) in [5.74, 6) is 0.165. The van der Waals surface area contributed by atoms with Gasteiger partial charge in [-0.1, -0.05) is 18.2 Å². The number of nitrogens with one attached hydrogen (secondary N) is 2. The van der Waals surface area contributed by atoms with Crippen LogP contribution in [0.15, 0.2) is 60.9 Å². The third kappa shape index (κ3) is 5.07. The van der Waals surface area contributed by atoms with Crippen molar-refractivity contribution in [2.45, 2.75) is 6.92 Å². The fourth-order valence-electron chi connectivity index (χ4n) is 2.60. The van der Waals surface area contributed by atoms with Gasteiger partial charge >= 0.3 is 11.9 Å². The predicted octanol–water partition coefficient (Wildman–Crippen LogP) is 3.93. The minimum atomic E-state index is -0.422. The van der Waals surface area contributed by atoms with Gasteiger partial charge in [0.25, 0.3) is 0 Å². The third-order valence-electron chi connectivity index (χ3n) is 3.91. The van der Waals surface area contributed by atoms with Gasteiger partial charge in [-0.2, -0.15) is 0 Å². The van der Waals surface area contributed by atoms with Gasteiger partial charge in [0.05, 0.1) is 30.5 Å². The van der Waals surface area contributed by atoms with Crippen molar-refractivity contribution in [1.82, 2.24) is 9.97 Å².